The van der Waals surface area contributed by atoms with Crippen LogP contribution in [0, 0.1) is 5.82 Å². The van der Waals surface area contributed by atoms with E-state index in [9.17, 15) is 9.18 Å². The topological polar surface area (TPSA) is 32.8 Å². The molecule has 0 saturated carbocycles. The fourth-order valence-corrected chi connectivity index (χ4v) is 3.72. The maximum Gasteiger partial charge on any atom is 0.251 e. The maximum absolute atomic E-state index is 13.7. The van der Waals surface area contributed by atoms with Gasteiger partial charge in [0.1, 0.15) is 11.9 Å². The zero-order valence-corrected chi connectivity index (χ0v) is 13.9. The molecule has 4 nitrogen and oxygen atoms in total. The van der Waals surface area contributed by atoms with Crippen LogP contribution in [0.2, 0.25) is 0 Å². The number of ether oxygens (including phenoxy) is 1. The minimum Gasteiger partial charge on any atom is -0.360 e. The average Bonchev–Trinajstić information content (AvgIpc) is 2.53. The van der Waals surface area contributed by atoms with Crippen LogP contribution in [0.3, 0.4) is 0 Å². The van der Waals surface area contributed by atoms with Crippen LogP contribution in [0.5, 0.6) is 0 Å². The van der Waals surface area contributed by atoms with Crippen molar-refractivity contribution in [3.8, 4) is 0 Å². The van der Waals surface area contributed by atoms with E-state index in [1.54, 1.807) is 11.0 Å². The third-order valence-corrected chi connectivity index (χ3v) is 5.10. The second-order valence-corrected chi connectivity index (χ2v) is 6.82. The van der Waals surface area contributed by atoms with Crippen LogP contribution < -0.4 is 0 Å². The lowest BCUT2D eigenvalue weighted by Gasteiger charge is -2.48. The molecule has 1 atom stereocenters. The smallest absolute Gasteiger partial charge is 0.251 e. The highest BCUT2D eigenvalue weighted by molar-refractivity contribution is 5.81. The molecule has 1 aromatic rings. The summed E-state index contributed by atoms with van der Waals surface area (Å²) in [5.74, 6) is -0.0526. The molecule has 2 aliphatic rings. The van der Waals surface area contributed by atoms with Crippen molar-refractivity contribution in [3.05, 3.63) is 35.6 Å². The number of carbonyl (C=O) groups excluding carboxylic acids is 1. The Balaban J connectivity index is 1.53. The molecule has 1 aromatic carbocycles. The standard InChI is InChI=1S/C18H25FN2O2/c1-14-17(22)20(2)13-18(23-14)8-11-21(12-9-18)10-7-15-5-3-4-6-16(15)19/h3-6,14H,7-13H2,1-2H3. The van der Waals surface area contributed by atoms with E-state index < -0.39 is 0 Å². The highest BCUT2D eigenvalue weighted by atomic mass is 19.1. The molecular formula is C18H25FN2O2. The van der Waals surface area contributed by atoms with Crippen LogP contribution >= 0.6 is 0 Å². The Morgan fingerprint density at radius 2 is 2.00 bits per heavy atom. The third kappa shape index (κ3) is 3.56. The minimum atomic E-state index is -0.348. The van der Waals surface area contributed by atoms with Gasteiger partial charge in [-0.05, 0) is 37.8 Å². The van der Waals surface area contributed by atoms with Gasteiger partial charge < -0.3 is 14.5 Å². The van der Waals surface area contributed by atoms with Gasteiger partial charge in [0.05, 0.1) is 5.60 Å². The van der Waals surface area contributed by atoms with Crippen LogP contribution in [0.15, 0.2) is 24.3 Å². The van der Waals surface area contributed by atoms with Gasteiger partial charge in [0.25, 0.3) is 5.91 Å². The van der Waals surface area contributed by atoms with Gasteiger partial charge in [0.15, 0.2) is 0 Å². The number of hydrogen-bond acceptors (Lipinski definition) is 3. The number of carbonyl (C=O) groups is 1. The minimum absolute atomic E-state index is 0.0672. The molecule has 0 radical (unpaired) electrons. The van der Waals surface area contributed by atoms with E-state index >= 15 is 0 Å². The lowest BCUT2D eigenvalue weighted by molar-refractivity contribution is -0.186. The van der Waals surface area contributed by atoms with E-state index in [1.165, 1.54) is 6.07 Å². The van der Waals surface area contributed by atoms with Gasteiger partial charge >= 0.3 is 0 Å². The Kier molecular flexibility index (Phi) is 4.69. The molecule has 3 rings (SSSR count). The molecule has 0 aromatic heterocycles. The Morgan fingerprint density at radius 1 is 1.30 bits per heavy atom. The van der Waals surface area contributed by atoms with Gasteiger partial charge in [-0.2, -0.15) is 0 Å². The van der Waals surface area contributed by atoms with Crippen molar-refractivity contribution in [3.63, 3.8) is 0 Å². The number of amides is 1. The SMILES string of the molecule is CC1OC2(CCN(CCc3ccccc3F)CC2)CN(C)C1=O. The zero-order chi connectivity index (χ0) is 16.4. The van der Waals surface area contributed by atoms with Crippen LogP contribution in [-0.2, 0) is 16.0 Å². The Hall–Kier alpha value is -1.46. The fourth-order valence-electron chi connectivity index (χ4n) is 3.72. The predicted molar refractivity (Wildman–Crippen MR) is 86.7 cm³/mol. The molecule has 23 heavy (non-hydrogen) atoms. The molecule has 5 heteroatoms. The zero-order valence-electron chi connectivity index (χ0n) is 13.9. The van der Waals surface area contributed by atoms with E-state index in [0.717, 1.165) is 44.5 Å². The van der Waals surface area contributed by atoms with E-state index in [-0.39, 0.29) is 23.4 Å². The molecule has 1 spiro atoms. The normalized spacial score (nSPS) is 25.1. The summed E-state index contributed by atoms with van der Waals surface area (Å²) in [6.07, 6.45) is 2.23. The Bertz CT molecular complexity index is 554. The summed E-state index contributed by atoms with van der Waals surface area (Å²) in [5.41, 5.74) is 0.581. The first-order valence-corrected chi connectivity index (χ1v) is 8.38. The molecule has 0 N–H and O–H groups in total. The summed E-state index contributed by atoms with van der Waals surface area (Å²) in [6, 6.07) is 6.98. The molecule has 1 amide bonds. The van der Waals surface area contributed by atoms with Gasteiger partial charge in [-0.3, -0.25) is 4.79 Å². The molecule has 1 unspecified atom stereocenters. The predicted octanol–water partition coefficient (Wildman–Crippen LogP) is 2.08. The molecule has 0 aliphatic carbocycles. The van der Waals surface area contributed by atoms with Crippen molar-refractivity contribution in [2.75, 3.05) is 33.2 Å². The quantitative estimate of drug-likeness (QED) is 0.855. The molecule has 2 aliphatic heterocycles. The number of halogens is 1. The second kappa shape index (κ2) is 6.57. The van der Waals surface area contributed by atoms with Gasteiger partial charge in [-0.1, -0.05) is 18.2 Å². The molecule has 2 fully saturated rings. The fraction of sp³-hybridized carbons (Fsp3) is 0.611. The largest absolute Gasteiger partial charge is 0.360 e. The maximum atomic E-state index is 13.7. The highest BCUT2D eigenvalue weighted by Gasteiger charge is 2.44. The van der Waals surface area contributed by atoms with Crippen molar-refractivity contribution >= 4 is 5.91 Å². The molecule has 126 valence electrons. The second-order valence-electron chi connectivity index (χ2n) is 6.82. The van der Waals surface area contributed by atoms with E-state index in [1.807, 2.05) is 26.1 Å². The van der Waals surface area contributed by atoms with Gasteiger partial charge in [-0.25, -0.2) is 4.39 Å². The number of benzene rings is 1. The van der Waals surface area contributed by atoms with Crippen molar-refractivity contribution in [2.24, 2.45) is 0 Å². The van der Waals surface area contributed by atoms with Gasteiger partial charge in [0, 0.05) is 33.2 Å². The van der Waals surface area contributed by atoms with E-state index in [0.29, 0.717) is 6.54 Å². The van der Waals surface area contributed by atoms with Crippen LogP contribution in [0.4, 0.5) is 4.39 Å². The summed E-state index contributed by atoms with van der Waals surface area (Å²) in [7, 11) is 1.85. The Morgan fingerprint density at radius 3 is 2.65 bits per heavy atom. The third-order valence-electron chi connectivity index (χ3n) is 5.10. The summed E-state index contributed by atoms with van der Waals surface area (Å²) >= 11 is 0. The van der Waals surface area contributed by atoms with Crippen molar-refractivity contribution in [1.29, 1.82) is 0 Å². The van der Waals surface area contributed by atoms with Gasteiger partial charge in [-0.15, -0.1) is 0 Å². The molecule has 2 saturated heterocycles. The Labute approximate surface area is 137 Å². The summed E-state index contributed by atoms with van der Waals surface area (Å²) in [6.45, 7) is 5.25. The number of likely N-dealkylation sites (tertiary alicyclic amines) is 1. The number of piperidine rings is 1. The number of rotatable bonds is 3. The van der Waals surface area contributed by atoms with Crippen molar-refractivity contribution < 1.29 is 13.9 Å². The van der Waals surface area contributed by atoms with E-state index in [2.05, 4.69) is 4.90 Å². The first kappa shape index (κ1) is 16.4. The van der Waals surface area contributed by atoms with Gasteiger partial charge in [0.2, 0.25) is 0 Å². The first-order valence-electron chi connectivity index (χ1n) is 8.38. The number of morpholine rings is 1. The van der Waals surface area contributed by atoms with Crippen molar-refractivity contribution in [1.82, 2.24) is 9.80 Å². The monoisotopic (exact) mass is 320 g/mol. The summed E-state index contributed by atoms with van der Waals surface area (Å²) in [5, 5.41) is 0. The number of nitrogens with zero attached hydrogens (tertiary/aromatic N) is 2. The van der Waals surface area contributed by atoms with Crippen LogP contribution in [0.25, 0.3) is 0 Å². The lowest BCUT2D eigenvalue weighted by Crippen LogP contribution is -2.60. The first-order chi connectivity index (χ1) is 11.0. The average molecular weight is 320 g/mol. The highest BCUT2D eigenvalue weighted by Crippen LogP contribution is 2.32. The van der Waals surface area contributed by atoms with E-state index in [4.69, 9.17) is 4.74 Å². The number of hydrogen-bond donors (Lipinski definition) is 0. The van der Waals surface area contributed by atoms with Crippen LogP contribution in [0.1, 0.15) is 25.3 Å². The number of likely N-dealkylation sites (N-methyl/N-ethyl adjacent to an activating group) is 1. The molecular weight excluding hydrogens is 295 g/mol. The summed E-state index contributed by atoms with van der Waals surface area (Å²) in [4.78, 5) is 16.0. The molecule has 2 heterocycles. The summed E-state index contributed by atoms with van der Waals surface area (Å²) < 4.78 is 19.7. The van der Waals surface area contributed by atoms with Crippen LogP contribution in [-0.4, -0.2) is 60.6 Å². The molecule has 0 bridgehead atoms. The lowest BCUT2D eigenvalue weighted by atomic mass is 9.88. The van der Waals surface area contributed by atoms with Crippen molar-refractivity contribution in [2.45, 2.75) is 37.9 Å².